The summed E-state index contributed by atoms with van der Waals surface area (Å²) in [6, 6.07) is 27.8. The fourth-order valence-electron chi connectivity index (χ4n) is 4.18. The highest BCUT2D eigenvalue weighted by atomic mass is 16.5. The van der Waals surface area contributed by atoms with Gasteiger partial charge < -0.3 is 30.0 Å². The van der Waals surface area contributed by atoms with Gasteiger partial charge in [0.05, 0.1) is 14.2 Å². The number of esters is 1. The third-order valence-corrected chi connectivity index (χ3v) is 6.07. The van der Waals surface area contributed by atoms with Gasteiger partial charge in [0.25, 0.3) is 0 Å². The van der Waals surface area contributed by atoms with Crippen molar-refractivity contribution in [3.63, 3.8) is 0 Å². The van der Waals surface area contributed by atoms with E-state index in [2.05, 4.69) is 10.3 Å². The number of fused-ring (bicyclic) bond motifs is 1. The van der Waals surface area contributed by atoms with E-state index < -0.39 is 5.97 Å². The first-order valence-electron chi connectivity index (χ1n) is 12.2. The Kier molecular flexibility index (Phi) is 7.45. The predicted molar refractivity (Wildman–Crippen MR) is 151 cm³/mol. The third-order valence-electron chi connectivity index (χ3n) is 6.07. The normalized spacial score (nSPS) is 10.6. The van der Waals surface area contributed by atoms with Crippen LogP contribution in [-0.4, -0.2) is 25.2 Å². The van der Waals surface area contributed by atoms with Gasteiger partial charge in [0, 0.05) is 46.5 Å². The molecule has 0 aliphatic carbocycles. The number of anilines is 3. The lowest BCUT2D eigenvalue weighted by atomic mass is 10.1. The molecule has 1 heterocycles. The van der Waals surface area contributed by atoms with Crippen LogP contribution in [0.1, 0.15) is 15.9 Å². The minimum absolute atomic E-state index is 0.131. The SMILES string of the molecule is COc1cc(Nc2cc(Oc3ccc(N)c4ccccc34)ccn2)cc(OC)c1C(=O)OCc1ccccc1. The molecule has 0 saturated carbocycles. The van der Waals surface area contributed by atoms with Crippen molar-refractivity contribution in [1.82, 2.24) is 4.98 Å². The van der Waals surface area contributed by atoms with Gasteiger partial charge in [-0.3, -0.25) is 0 Å². The van der Waals surface area contributed by atoms with Crippen LogP contribution in [0.3, 0.4) is 0 Å². The first kappa shape index (κ1) is 25.4. The zero-order valence-electron chi connectivity index (χ0n) is 21.5. The number of pyridine rings is 1. The fraction of sp³-hybridized carbons (Fsp3) is 0.0968. The lowest BCUT2D eigenvalue weighted by molar-refractivity contribution is 0.0465. The van der Waals surface area contributed by atoms with Gasteiger partial charge in [-0.1, -0.05) is 54.6 Å². The molecule has 0 unspecified atom stereocenters. The molecule has 0 fully saturated rings. The Bertz CT molecular complexity index is 1600. The molecular weight excluding hydrogens is 494 g/mol. The van der Waals surface area contributed by atoms with E-state index in [9.17, 15) is 4.79 Å². The average Bonchev–Trinajstić information content (AvgIpc) is 2.97. The average molecular weight is 522 g/mol. The Labute approximate surface area is 225 Å². The second-order valence-electron chi connectivity index (χ2n) is 8.62. The minimum Gasteiger partial charge on any atom is -0.496 e. The summed E-state index contributed by atoms with van der Waals surface area (Å²) in [5.74, 6) is 1.84. The van der Waals surface area contributed by atoms with Crippen LogP contribution in [0.5, 0.6) is 23.0 Å². The van der Waals surface area contributed by atoms with E-state index in [1.165, 1.54) is 14.2 Å². The highest BCUT2D eigenvalue weighted by Crippen LogP contribution is 2.36. The van der Waals surface area contributed by atoms with Crippen LogP contribution >= 0.6 is 0 Å². The molecule has 3 N–H and O–H groups in total. The molecule has 196 valence electrons. The summed E-state index contributed by atoms with van der Waals surface area (Å²) in [5, 5.41) is 5.06. The molecule has 0 atom stereocenters. The van der Waals surface area contributed by atoms with Gasteiger partial charge in [-0.15, -0.1) is 0 Å². The van der Waals surface area contributed by atoms with Gasteiger partial charge in [-0.2, -0.15) is 0 Å². The van der Waals surface area contributed by atoms with Crippen molar-refractivity contribution in [3.05, 3.63) is 108 Å². The van der Waals surface area contributed by atoms with Crippen molar-refractivity contribution in [2.75, 3.05) is 25.3 Å². The van der Waals surface area contributed by atoms with Crippen LogP contribution in [0, 0.1) is 0 Å². The van der Waals surface area contributed by atoms with E-state index in [1.807, 2.05) is 66.7 Å². The highest BCUT2D eigenvalue weighted by molar-refractivity contribution is 5.97. The number of methoxy groups -OCH3 is 2. The lowest BCUT2D eigenvalue weighted by Gasteiger charge is -2.16. The number of nitrogens with two attached hydrogens (primary N) is 1. The second-order valence-corrected chi connectivity index (χ2v) is 8.62. The van der Waals surface area contributed by atoms with E-state index in [0.717, 1.165) is 16.3 Å². The number of nitrogen functional groups attached to an aromatic ring is 1. The van der Waals surface area contributed by atoms with Gasteiger partial charge in [0.15, 0.2) is 0 Å². The molecular formula is C31H27N3O5. The number of nitrogens with zero attached hydrogens (tertiary/aromatic N) is 1. The van der Waals surface area contributed by atoms with Crippen LogP contribution in [0.15, 0.2) is 97.2 Å². The van der Waals surface area contributed by atoms with Gasteiger partial charge in [-0.05, 0) is 23.8 Å². The Morgan fingerprint density at radius 1 is 0.821 bits per heavy atom. The predicted octanol–water partition coefficient (Wildman–Crippen LogP) is 6.73. The maximum absolute atomic E-state index is 12.9. The number of ether oxygens (including phenoxy) is 4. The molecule has 8 heteroatoms. The van der Waals surface area contributed by atoms with Crippen LogP contribution in [0.25, 0.3) is 10.8 Å². The topological polar surface area (TPSA) is 105 Å². The van der Waals surface area contributed by atoms with E-state index in [-0.39, 0.29) is 12.2 Å². The molecule has 0 amide bonds. The summed E-state index contributed by atoms with van der Waals surface area (Å²) in [6.07, 6.45) is 1.64. The molecule has 0 aliphatic rings. The molecule has 0 radical (unpaired) electrons. The molecule has 0 spiro atoms. The van der Waals surface area contributed by atoms with Gasteiger partial charge >= 0.3 is 5.97 Å². The van der Waals surface area contributed by atoms with E-state index in [0.29, 0.717) is 40.2 Å². The minimum atomic E-state index is -0.552. The molecule has 5 aromatic rings. The van der Waals surface area contributed by atoms with Crippen molar-refractivity contribution < 1.29 is 23.7 Å². The molecule has 0 aliphatic heterocycles. The molecule has 0 bridgehead atoms. The van der Waals surface area contributed by atoms with Crippen LogP contribution < -0.4 is 25.3 Å². The summed E-state index contributed by atoms with van der Waals surface area (Å²) < 4.78 is 22.7. The molecule has 4 aromatic carbocycles. The van der Waals surface area contributed by atoms with Crippen LogP contribution in [0.2, 0.25) is 0 Å². The smallest absolute Gasteiger partial charge is 0.346 e. The standard InChI is InChI=1S/C31H27N3O5/c1-36-27-16-21(17-28(37-2)30(27)31(35)38-19-20-8-4-3-5-9-20)34-29-18-22(14-15-33-29)39-26-13-12-25(32)23-10-6-7-11-24(23)26/h3-18H,19,32H2,1-2H3,(H,33,34). The third kappa shape index (κ3) is 5.70. The number of hydrogen-bond acceptors (Lipinski definition) is 8. The maximum atomic E-state index is 12.9. The monoisotopic (exact) mass is 521 g/mol. The van der Waals surface area contributed by atoms with E-state index >= 15 is 0 Å². The zero-order valence-corrected chi connectivity index (χ0v) is 21.5. The maximum Gasteiger partial charge on any atom is 0.346 e. The summed E-state index contributed by atoms with van der Waals surface area (Å²) in [7, 11) is 2.96. The van der Waals surface area contributed by atoms with Crippen LogP contribution in [-0.2, 0) is 11.3 Å². The van der Waals surface area contributed by atoms with Gasteiger partial charge in [0.2, 0.25) is 0 Å². The Morgan fingerprint density at radius 3 is 2.23 bits per heavy atom. The van der Waals surface area contributed by atoms with Crippen molar-refractivity contribution in [2.45, 2.75) is 6.61 Å². The number of nitrogens with one attached hydrogen (secondary N) is 1. The number of hydrogen-bond donors (Lipinski definition) is 2. The number of carbonyl (C=O) groups is 1. The summed E-state index contributed by atoms with van der Waals surface area (Å²) in [5.41, 5.74) is 8.48. The van der Waals surface area contributed by atoms with Crippen molar-refractivity contribution in [2.24, 2.45) is 0 Å². The number of carbonyl (C=O) groups excluding carboxylic acids is 1. The Hall–Kier alpha value is -5.24. The highest BCUT2D eigenvalue weighted by Gasteiger charge is 2.22. The summed E-state index contributed by atoms with van der Waals surface area (Å²) in [6.45, 7) is 0.131. The van der Waals surface area contributed by atoms with Gasteiger partial charge in [0.1, 0.15) is 41.0 Å². The first-order chi connectivity index (χ1) is 19.1. The Morgan fingerprint density at radius 2 is 1.51 bits per heavy atom. The van der Waals surface area contributed by atoms with E-state index in [1.54, 1.807) is 30.5 Å². The van der Waals surface area contributed by atoms with Crippen molar-refractivity contribution in [1.29, 1.82) is 0 Å². The number of aromatic nitrogens is 1. The lowest BCUT2D eigenvalue weighted by Crippen LogP contribution is -2.10. The zero-order chi connectivity index (χ0) is 27.2. The molecule has 5 rings (SSSR count). The van der Waals surface area contributed by atoms with E-state index in [4.69, 9.17) is 24.7 Å². The summed E-state index contributed by atoms with van der Waals surface area (Å²) >= 11 is 0. The molecule has 39 heavy (non-hydrogen) atoms. The molecule has 8 nitrogen and oxygen atoms in total. The number of benzene rings is 4. The van der Waals surface area contributed by atoms with Gasteiger partial charge in [-0.25, -0.2) is 9.78 Å². The largest absolute Gasteiger partial charge is 0.496 e. The van der Waals surface area contributed by atoms with Crippen molar-refractivity contribution in [3.8, 4) is 23.0 Å². The van der Waals surface area contributed by atoms with Crippen molar-refractivity contribution >= 4 is 33.9 Å². The second kappa shape index (κ2) is 11.4. The number of rotatable bonds is 9. The summed E-state index contributed by atoms with van der Waals surface area (Å²) in [4.78, 5) is 17.3. The fourth-order valence-corrected chi connectivity index (χ4v) is 4.18. The molecule has 1 aromatic heterocycles. The molecule has 0 saturated heterocycles. The Balaban J connectivity index is 1.37. The van der Waals surface area contributed by atoms with Crippen LogP contribution in [0.4, 0.5) is 17.2 Å². The quantitative estimate of drug-likeness (QED) is 0.163. The first-order valence-corrected chi connectivity index (χ1v) is 12.2.